The average molecular weight is 312 g/mol. The number of hydrogen-bond acceptors (Lipinski definition) is 4. The molecule has 114 valence electrons. The summed E-state index contributed by atoms with van der Waals surface area (Å²) in [5.74, 6) is -2.35. The van der Waals surface area contributed by atoms with E-state index in [1.54, 1.807) is 24.0 Å². The predicted octanol–water partition coefficient (Wildman–Crippen LogP) is 0.948. The van der Waals surface area contributed by atoms with E-state index in [1.165, 1.54) is 6.07 Å². The number of benzene rings is 1. The molecule has 21 heavy (non-hydrogen) atoms. The van der Waals surface area contributed by atoms with Gasteiger partial charge in [0.1, 0.15) is 0 Å². The molecule has 0 atom stereocenters. The van der Waals surface area contributed by atoms with Gasteiger partial charge in [-0.05, 0) is 37.1 Å². The molecule has 1 heterocycles. The lowest BCUT2D eigenvalue weighted by Gasteiger charge is -2.19. The predicted molar refractivity (Wildman–Crippen MR) is 77.8 cm³/mol. The standard InChI is InChI=1S/C13H16N2O5S/c1-9-7-10(14-21(19,20)8-13(17)18)4-5-11(9)15-6-2-3-12(15)16/h4-5,7,14H,2-3,6,8H2,1H3,(H,17,18). The Kier molecular flexibility index (Phi) is 4.17. The number of nitrogens with one attached hydrogen (secondary N) is 1. The van der Waals surface area contributed by atoms with E-state index in [2.05, 4.69) is 4.72 Å². The van der Waals surface area contributed by atoms with Crippen LogP contribution in [0.5, 0.6) is 0 Å². The van der Waals surface area contributed by atoms with Gasteiger partial charge in [0, 0.05) is 24.3 Å². The number of sulfonamides is 1. The van der Waals surface area contributed by atoms with E-state index in [-0.39, 0.29) is 11.6 Å². The smallest absolute Gasteiger partial charge is 0.320 e. The highest BCUT2D eigenvalue weighted by Gasteiger charge is 2.23. The number of carbonyl (C=O) groups is 2. The fourth-order valence-electron chi connectivity index (χ4n) is 2.30. The monoisotopic (exact) mass is 312 g/mol. The summed E-state index contributed by atoms with van der Waals surface area (Å²) in [6.07, 6.45) is 1.33. The second kappa shape index (κ2) is 5.72. The van der Waals surface area contributed by atoms with Gasteiger partial charge in [0.05, 0.1) is 0 Å². The van der Waals surface area contributed by atoms with Gasteiger partial charge >= 0.3 is 5.97 Å². The molecule has 1 saturated heterocycles. The number of anilines is 2. The van der Waals surface area contributed by atoms with Crippen LogP contribution in [0.1, 0.15) is 18.4 Å². The first kappa shape index (κ1) is 15.3. The minimum absolute atomic E-state index is 0.0531. The van der Waals surface area contributed by atoms with Crippen molar-refractivity contribution in [3.05, 3.63) is 23.8 Å². The van der Waals surface area contributed by atoms with Crippen molar-refractivity contribution in [1.29, 1.82) is 0 Å². The van der Waals surface area contributed by atoms with E-state index in [1.807, 2.05) is 0 Å². The van der Waals surface area contributed by atoms with Crippen LogP contribution in [0.15, 0.2) is 18.2 Å². The van der Waals surface area contributed by atoms with Crippen molar-refractivity contribution in [2.45, 2.75) is 19.8 Å². The summed E-state index contributed by atoms with van der Waals surface area (Å²) in [7, 11) is -3.92. The highest BCUT2D eigenvalue weighted by Crippen LogP contribution is 2.27. The highest BCUT2D eigenvalue weighted by molar-refractivity contribution is 7.93. The lowest BCUT2D eigenvalue weighted by Crippen LogP contribution is -2.25. The maximum atomic E-state index is 11.7. The molecule has 0 unspecified atom stereocenters. The summed E-state index contributed by atoms with van der Waals surface area (Å²) in [5, 5.41) is 8.54. The summed E-state index contributed by atoms with van der Waals surface area (Å²) in [6.45, 7) is 2.43. The Balaban J connectivity index is 2.19. The van der Waals surface area contributed by atoms with Crippen molar-refractivity contribution in [3.8, 4) is 0 Å². The van der Waals surface area contributed by atoms with Crippen molar-refractivity contribution in [2.24, 2.45) is 0 Å². The zero-order valence-corrected chi connectivity index (χ0v) is 12.3. The first-order chi connectivity index (χ1) is 9.78. The van der Waals surface area contributed by atoms with Crippen molar-refractivity contribution in [2.75, 3.05) is 21.9 Å². The topological polar surface area (TPSA) is 104 Å². The lowest BCUT2D eigenvalue weighted by molar-refractivity contribution is -0.134. The third kappa shape index (κ3) is 3.72. The summed E-state index contributed by atoms with van der Waals surface area (Å²) >= 11 is 0. The number of aryl methyl sites for hydroxylation is 1. The van der Waals surface area contributed by atoms with Crippen LogP contribution in [0.4, 0.5) is 11.4 Å². The zero-order valence-electron chi connectivity index (χ0n) is 11.5. The number of amides is 1. The molecule has 8 heteroatoms. The van der Waals surface area contributed by atoms with Crippen LogP contribution in [0.3, 0.4) is 0 Å². The number of aliphatic carboxylic acids is 1. The van der Waals surface area contributed by atoms with E-state index in [9.17, 15) is 18.0 Å². The minimum atomic E-state index is -3.92. The Morgan fingerprint density at radius 2 is 2.14 bits per heavy atom. The van der Waals surface area contributed by atoms with Gasteiger partial charge in [0.15, 0.2) is 5.75 Å². The van der Waals surface area contributed by atoms with Crippen molar-refractivity contribution >= 4 is 33.3 Å². The first-order valence-electron chi connectivity index (χ1n) is 6.42. The fourth-order valence-corrected chi connectivity index (χ4v) is 3.19. The molecule has 0 bridgehead atoms. The second-order valence-corrected chi connectivity index (χ2v) is 6.63. The van der Waals surface area contributed by atoms with Crippen molar-refractivity contribution in [3.63, 3.8) is 0 Å². The van der Waals surface area contributed by atoms with Crippen LogP contribution in [-0.4, -0.2) is 37.7 Å². The third-order valence-electron chi connectivity index (χ3n) is 3.15. The Morgan fingerprint density at radius 1 is 1.43 bits per heavy atom. The summed E-state index contributed by atoms with van der Waals surface area (Å²) in [6, 6.07) is 4.77. The highest BCUT2D eigenvalue weighted by atomic mass is 32.2. The first-order valence-corrected chi connectivity index (χ1v) is 8.07. The van der Waals surface area contributed by atoms with Crippen molar-refractivity contribution < 1.29 is 23.1 Å². The maximum Gasteiger partial charge on any atom is 0.320 e. The van der Waals surface area contributed by atoms with Crippen LogP contribution in [-0.2, 0) is 19.6 Å². The molecular formula is C13H16N2O5S. The molecule has 2 rings (SSSR count). The zero-order chi connectivity index (χ0) is 15.6. The Labute approximate surface area is 122 Å². The van der Waals surface area contributed by atoms with E-state index < -0.39 is 21.7 Å². The summed E-state index contributed by atoms with van der Waals surface area (Å²) < 4.78 is 25.3. The average Bonchev–Trinajstić information content (AvgIpc) is 2.73. The molecule has 1 aromatic rings. The molecule has 0 spiro atoms. The molecule has 1 aliphatic heterocycles. The summed E-state index contributed by atoms with van der Waals surface area (Å²) in [5.41, 5.74) is 1.78. The van der Waals surface area contributed by atoms with Crippen LogP contribution in [0.2, 0.25) is 0 Å². The van der Waals surface area contributed by atoms with E-state index >= 15 is 0 Å². The normalized spacial score (nSPS) is 15.3. The molecule has 1 aromatic carbocycles. The molecule has 2 N–H and O–H groups in total. The maximum absolute atomic E-state index is 11.7. The van der Waals surface area contributed by atoms with E-state index in [0.29, 0.717) is 13.0 Å². The van der Waals surface area contributed by atoms with Gasteiger partial charge < -0.3 is 10.0 Å². The van der Waals surface area contributed by atoms with Gasteiger partial charge in [0.2, 0.25) is 15.9 Å². The van der Waals surface area contributed by atoms with Crippen LogP contribution in [0, 0.1) is 6.92 Å². The van der Waals surface area contributed by atoms with Gasteiger partial charge in [-0.1, -0.05) is 0 Å². The quantitative estimate of drug-likeness (QED) is 0.842. The summed E-state index contributed by atoms with van der Waals surface area (Å²) in [4.78, 5) is 23.9. The fraction of sp³-hybridized carbons (Fsp3) is 0.385. The van der Waals surface area contributed by atoms with E-state index in [0.717, 1.165) is 17.7 Å². The Morgan fingerprint density at radius 3 is 2.67 bits per heavy atom. The minimum Gasteiger partial charge on any atom is -0.480 e. The van der Waals surface area contributed by atoms with Gasteiger partial charge in [-0.3, -0.25) is 14.3 Å². The van der Waals surface area contributed by atoms with Crippen LogP contribution in [0.25, 0.3) is 0 Å². The Bertz CT molecular complexity index is 684. The number of carboxylic acid groups (broad SMARTS) is 1. The lowest BCUT2D eigenvalue weighted by atomic mass is 10.1. The van der Waals surface area contributed by atoms with Gasteiger partial charge in [-0.2, -0.15) is 0 Å². The number of rotatable bonds is 5. The van der Waals surface area contributed by atoms with Gasteiger partial charge in [0.25, 0.3) is 0 Å². The van der Waals surface area contributed by atoms with Crippen LogP contribution < -0.4 is 9.62 Å². The Hall–Kier alpha value is -2.09. The number of carbonyl (C=O) groups excluding carboxylic acids is 1. The largest absolute Gasteiger partial charge is 0.480 e. The van der Waals surface area contributed by atoms with Gasteiger partial charge in [-0.25, -0.2) is 8.42 Å². The number of carboxylic acids is 1. The molecule has 1 aliphatic rings. The van der Waals surface area contributed by atoms with E-state index in [4.69, 9.17) is 5.11 Å². The molecule has 7 nitrogen and oxygen atoms in total. The molecular weight excluding hydrogens is 296 g/mol. The molecule has 1 amide bonds. The molecule has 0 aliphatic carbocycles. The number of nitrogens with zero attached hydrogens (tertiary/aromatic N) is 1. The van der Waals surface area contributed by atoms with Crippen LogP contribution >= 0.6 is 0 Å². The second-order valence-electron chi connectivity index (χ2n) is 4.91. The molecule has 0 aromatic heterocycles. The molecule has 0 radical (unpaired) electrons. The molecule has 0 saturated carbocycles. The SMILES string of the molecule is Cc1cc(NS(=O)(=O)CC(=O)O)ccc1N1CCCC1=O. The van der Waals surface area contributed by atoms with Gasteiger partial charge in [-0.15, -0.1) is 0 Å². The van der Waals surface area contributed by atoms with Crippen molar-refractivity contribution in [1.82, 2.24) is 0 Å². The number of hydrogen-bond donors (Lipinski definition) is 2. The molecule has 1 fully saturated rings. The third-order valence-corrected chi connectivity index (χ3v) is 4.32.